The monoisotopic (exact) mass is 329 g/mol. The van der Waals surface area contributed by atoms with E-state index in [0.29, 0.717) is 15.6 Å². The summed E-state index contributed by atoms with van der Waals surface area (Å²) in [7, 11) is 0. The van der Waals surface area contributed by atoms with Crippen molar-refractivity contribution in [2.75, 3.05) is 6.54 Å². The van der Waals surface area contributed by atoms with Gasteiger partial charge in [-0.05, 0) is 36.6 Å². The SMILES string of the molecule is C[C@@](O)(CNC(=O)c1ccc(Cl)c(Cl)c1)c1cccs1. The van der Waals surface area contributed by atoms with Gasteiger partial charge < -0.3 is 10.4 Å². The molecule has 0 radical (unpaired) electrons. The van der Waals surface area contributed by atoms with E-state index in [1.807, 2.05) is 17.5 Å². The predicted molar refractivity (Wildman–Crippen MR) is 82.7 cm³/mol. The van der Waals surface area contributed by atoms with Crippen molar-refractivity contribution in [1.82, 2.24) is 5.32 Å². The van der Waals surface area contributed by atoms with Gasteiger partial charge in [-0.15, -0.1) is 11.3 Å². The molecule has 2 rings (SSSR count). The molecule has 6 heteroatoms. The molecule has 106 valence electrons. The second-order valence-electron chi connectivity index (χ2n) is 4.56. The van der Waals surface area contributed by atoms with Crippen LogP contribution in [0.4, 0.5) is 0 Å². The summed E-state index contributed by atoms with van der Waals surface area (Å²) >= 11 is 13.1. The normalized spacial score (nSPS) is 13.8. The molecule has 1 atom stereocenters. The summed E-state index contributed by atoms with van der Waals surface area (Å²) < 4.78 is 0. The first-order valence-electron chi connectivity index (χ1n) is 5.90. The van der Waals surface area contributed by atoms with Gasteiger partial charge in [-0.25, -0.2) is 0 Å². The Balaban J connectivity index is 2.03. The minimum Gasteiger partial charge on any atom is -0.383 e. The quantitative estimate of drug-likeness (QED) is 0.898. The van der Waals surface area contributed by atoms with Gasteiger partial charge in [0.1, 0.15) is 5.60 Å². The third kappa shape index (κ3) is 3.52. The summed E-state index contributed by atoms with van der Waals surface area (Å²) in [5.74, 6) is -0.305. The van der Waals surface area contributed by atoms with Crippen LogP contribution >= 0.6 is 34.5 Å². The molecular weight excluding hydrogens is 317 g/mol. The number of amides is 1. The summed E-state index contributed by atoms with van der Waals surface area (Å²) in [6.07, 6.45) is 0. The number of carbonyl (C=O) groups is 1. The van der Waals surface area contributed by atoms with Crippen molar-refractivity contribution < 1.29 is 9.90 Å². The number of halogens is 2. The van der Waals surface area contributed by atoms with E-state index in [1.165, 1.54) is 17.4 Å². The maximum absolute atomic E-state index is 12.0. The van der Waals surface area contributed by atoms with E-state index in [-0.39, 0.29) is 12.5 Å². The summed E-state index contributed by atoms with van der Waals surface area (Å²) in [5, 5.41) is 15.6. The van der Waals surface area contributed by atoms with Gasteiger partial charge in [-0.3, -0.25) is 4.79 Å². The van der Waals surface area contributed by atoms with Crippen molar-refractivity contribution in [1.29, 1.82) is 0 Å². The Morgan fingerprint density at radius 3 is 2.70 bits per heavy atom. The van der Waals surface area contributed by atoms with Crippen LogP contribution in [0.5, 0.6) is 0 Å². The van der Waals surface area contributed by atoms with Crippen LogP contribution in [-0.4, -0.2) is 17.6 Å². The number of hydrogen-bond acceptors (Lipinski definition) is 3. The van der Waals surface area contributed by atoms with Gasteiger partial charge in [0.05, 0.1) is 16.6 Å². The highest BCUT2D eigenvalue weighted by atomic mass is 35.5. The number of nitrogens with one attached hydrogen (secondary N) is 1. The molecule has 1 amide bonds. The van der Waals surface area contributed by atoms with Gasteiger partial charge in [0.15, 0.2) is 0 Å². The van der Waals surface area contributed by atoms with E-state index in [0.717, 1.165) is 4.88 Å². The summed E-state index contributed by atoms with van der Waals surface area (Å²) in [5.41, 5.74) is -0.693. The largest absolute Gasteiger partial charge is 0.383 e. The number of benzene rings is 1. The molecule has 0 saturated heterocycles. The van der Waals surface area contributed by atoms with Crippen LogP contribution in [-0.2, 0) is 5.60 Å². The molecule has 1 aromatic carbocycles. The first kappa shape index (κ1) is 15.3. The Hall–Kier alpha value is -1.07. The van der Waals surface area contributed by atoms with Gasteiger partial charge in [0.25, 0.3) is 5.91 Å². The van der Waals surface area contributed by atoms with Crippen LogP contribution in [0.25, 0.3) is 0 Å². The third-order valence-corrected chi connectivity index (χ3v) is 4.69. The van der Waals surface area contributed by atoms with Crippen molar-refractivity contribution in [2.45, 2.75) is 12.5 Å². The molecule has 0 aliphatic rings. The highest BCUT2D eigenvalue weighted by molar-refractivity contribution is 7.10. The highest BCUT2D eigenvalue weighted by Gasteiger charge is 2.25. The minimum absolute atomic E-state index is 0.118. The number of aliphatic hydroxyl groups is 1. The Morgan fingerprint density at radius 2 is 2.10 bits per heavy atom. The van der Waals surface area contributed by atoms with Crippen LogP contribution in [0.2, 0.25) is 10.0 Å². The molecule has 0 aliphatic carbocycles. The van der Waals surface area contributed by atoms with Crippen LogP contribution in [0.1, 0.15) is 22.2 Å². The Labute approximate surface area is 131 Å². The first-order chi connectivity index (χ1) is 9.40. The van der Waals surface area contributed by atoms with Gasteiger partial charge in [-0.2, -0.15) is 0 Å². The maximum Gasteiger partial charge on any atom is 0.251 e. The molecule has 2 aromatic rings. The standard InChI is InChI=1S/C14H13Cl2NO2S/c1-14(19,12-3-2-6-20-12)8-17-13(18)9-4-5-10(15)11(16)7-9/h2-7,19H,8H2,1H3,(H,17,18)/t14-/m1/s1. The fraction of sp³-hybridized carbons (Fsp3) is 0.214. The lowest BCUT2D eigenvalue weighted by Crippen LogP contribution is -2.38. The van der Waals surface area contributed by atoms with E-state index >= 15 is 0 Å². The molecule has 0 bridgehead atoms. The predicted octanol–water partition coefficient (Wildman–Crippen LogP) is 3.69. The zero-order chi connectivity index (χ0) is 14.8. The number of carbonyl (C=O) groups excluding carboxylic acids is 1. The zero-order valence-corrected chi connectivity index (χ0v) is 13.0. The molecule has 0 aliphatic heterocycles. The number of thiophene rings is 1. The molecule has 3 nitrogen and oxygen atoms in total. The molecule has 2 N–H and O–H groups in total. The van der Waals surface area contributed by atoms with Crippen molar-refractivity contribution in [3.05, 3.63) is 56.2 Å². The molecule has 0 fully saturated rings. The van der Waals surface area contributed by atoms with E-state index in [4.69, 9.17) is 23.2 Å². The summed E-state index contributed by atoms with van der Waals surface area (Å²) in [6, 6.07) is 8.34. The van der Waals surface area contributed by atoms with Crippen molar-refractivity contribution in [2.24, 2.45) is 0 Å². The number of hydrogen-bond donors (Lipinski definition) is 2. The maximum atomic E-state index is 12.0. The number of rotatable bonds is 4. The van der Waals surface area contributed by atoms with Crippen LogP contribution in [0.15, 0.2) is 35.7 Å². The fourth-order valence-corrected chi connectivity index (χ4v) is 2.75. The zero-order valence-electron chi connectivity index (χ0n) is 10.7. The lowest BCUT2D eigenvalue weighted by molar-refractivity contribution is 0.0557. The lowest BCUT2D eigenvalue weighted by atomic mass is 10.1. The highest BCUT2D eigenvalue weighted by Crippen LogP contribution is 2.25. The van der Waals surface area contributed by atoms with Crippen LogP contribution in [0, 0.1) is 0 Å². The summed E-state index contributed by atoms with van der Waals surface area (Å²) in [6.45, 7) is 1.78. The molecule has 0 spiro atoms. The average Bonchev–Trinajstić information content (AvgIpc) is 2.94. The Bertz CT molecular complexity index is 612. The van der Waals surface area contributed by atoms with E-state index in [9.17, 15) is 9.90 Å². The topological polar surface area (TPSA) is 49.3 Å². The minimum atomic E-state index is -1.10. The molecule has 0 unspecified atom stereocenters. The Kier molecular flexibility index (Phi) is 4.70. The van der Waals surface area contributed by atoms with Crippen molar-refractivity contribution in [3.8, 4) is 0 Å². The second kappa shape index (κ2) is 6.14. The molecule has 20 heavy (non-hydrogen) atoms. The van der Waals surface area contributed by atoms with Gasteiger partial charge in [-0.1, -0.05) is 29.3 Å². The van der Waals surface area contributed by atoms with E-state index in [1.54, 1.807) is 19.1 Å². The Morgan fingerprint density at radius 1 is 1.35 bits per heavy atom. The van der Waals surface area contributed by atoms with Crippen molar-refractivity contribution >= 4 is 40.4 Å². The van der Waals surface area contributed by atoms with Crippen LogP contribution in [0.3, 0.4) is 0 Å². The van der Waals surface area contributed by atoms with Gasteiger partial charge >= 0.3 is 0 Å². The first-order valence-corrected chi connectivity index (χ1v) is 7.53. The molecule has 0 saturated carbocycles. The average molecular weight is 330 g/mol. The van der Waals surface area contributed by atoms with Crippen LogP contribution < -0.4 is 5.32 Å². The van der Waals surface area contributed by atoms with E-state index in [2.05, 4.69) is 5.32 Å². The smallest absolute Gasteiger partial charge is 0.251 e. The fourth-order valence-electron chi connectivity index (χ4n) is 1.66. The lowest BCUT2D eigenvalue weighted by Gasteiger charge is -2.22. The molecule has 1 heterocycles. The molecular formula is C14H13Cl2NO2S. The molecule has 1 aromatic heterocycles. The van der Waals surface area contributed by atoms with Gasteiger partial charge in [0.2, 0.25) is 0 Å². The van der Waals surface area contributed by atoms with E-state index < -0.39 is 5.60 Å². The second-order valence-corrected chi connectivity index (χ2v) is 6.32. The summed E-state index contributed by atoms with van der Waals surface area (Å²) in [4.78, 5) is 12.8. The van der Waals surface area contributed by atoms with Crippen molar-refractivity contribution in [3.63, 3.8) is 0 Å². The third-order valence-electron chi connectivity index (χ3n) is 2.83. The van der Waals surface area contributed by atoms with Gasteiger partial charge in [0, 0.05) is 10.4 Å².